The van der Waals surface area contributed by atoms with E-state index in [2.05, 4.69) is 39.7 Å². The Bertz CT molecular complexity index is 500. The van der Waals surface area contributed by atoms with Crippen LogP contribution in [0.25, 0.3) is 11.4 Å². The number of nitrogens with one attached hydrogen (secondary N) is 1. The van der Waals surface area contributed by atoms with Gasteiger partial charge in [0.25, 0.3) is 0 Å². The first-order chi connectivity index (χ1) is 8.11. The lowest BCUT2D eigenvalue weighted by atomic mass is 10.1. The molecule has 4 heteroatoms. The Labute approximate surface area is 110 Å². The van der Waals surface area contributed by atoms with Crippen molar-refractivity contribution in [1.29, 1.82) is 0 Å². The van der Waals surface area contributed by atoms with E-state index in [1.165, 1.54) is 0 Å². The van der Waals surface area contributed by atoms with E-state index in [0.717, 1.165) is 27.2 Å². The predicted octanol–water partition coefficient (Wildman–Crippen LogP) is 3.42. The van der Waals surface area contributed by atoms with E-state index in [4.69, 9.17) is 5.73 Å². The van der Waals surface area contributed by atoms with Crippen LogP contribution in [0.2, 0.25) is 0 Å². The van der Waals surface area contributed by atoms with E-state index >= 15 is 0 Å². The molecule has 0 aliphatic carbocycles. The number of hydrogen-bond donors (Lipinski definition) is 2. The van der Waals surface area contributed by atoms with Gasteiger partial charge in [-0.25, -0.2) is 4.98 Å². The molecule has 2 aromatic rings. The second kappa shape index (κ2) is 5.02. The smallest absolute Gasteiger partial charge is 0.137 e. The average Bonchev–Trinajstić information content (AvgIpc) is 2.74. The number of imidazole rings is 1. The lowest BCUT2D eigenvalue weighted by molar-refractivity contribution is 0.806. The van der Waals surface area contributed by atoms with Gasteiger partial charge < -0.3 is 10.7 Å². The van der Waals surface area contributed by atoms with Crippen molar-refractivity contribution in [2.24, 2.45) is 5.73 Å². The number of benzene rings is 1. The summed E-state index contributed by atoms with van der Waals surface area (Å²) in [4.78, 5) is 7.93. The zero-order valence-corrected chi connectivity index (χ0v) is 11.6. The third kappa shape index (κ3) is 2.58. The van der Waals surface area contributed by atoms with Gasteiger partial charge >= 0.3 is 0 Å². The zero-order chi connectivity index (χ0) is 12.4. The van der Waals surface area contributed by atoms with Crippen LogP contribution in [0, 0.1) is 0 Å². The van der Waals surface area contributed by atoms with Crippen molar-refractivity contribution < 1.29 is 0 Å². The number of nitrogens with zero attached hydrogens (tertiary/aromatic N) is 1. The summed E-state index contributed by atoms with van der Waals surface area (Å²) >= 11 is 3.42. The molecule has 0 saturated carbocycles. The molecule has 1 aromatic carbocycles. The number of aromatic nitrogens is 2. The number of rotatable bonds is 3. The maximum absolute atomic E-state index is 5.73. The van der Waals surface area contributed by atoms with Crippen LogP contribution in [0.5, 0.6) is 0 Å². The molecule has 0 aliphatic heterocycles. The predicted molar refractivity (Wildman–Crippen MR) is 73.7 cm³/mol. The van der Waals surface area contributed by atoms with E-state index in [-0.39, 0.29) is 0 Å². The van der Waals surface area contributed by atoms with Crippen LogP contribution >= 0.6 is 15.9 Å². The second-order valence-electron chi connectivity index (χ2n) is 4.31. The average molecular weight is 294 g/mol. The van der Waals surface area contributed by atoms with Crippen molar-refractivity contribution in [1.82, 2.24) is 9.97 Å². The molecule has 0 saturated heterocycles. The fourth-order valence-corrected chi connectivity index (χ4v) is 2.06. The third-order valence-electron chi connectivity index (χ3n) is 2.68. The molecule has 0 aliphatic rings. The molecular formula is C13H16BrN3. The summed E-state index contributed by atoms with van der Waals surface area (Å²) in [6.07, 6.45) is 0. The summed E-state index contributed by atoms with van der Waals surface area (Å²) < 4.78 is 1.07. The van der Waals surface area contributed by atoms with Gasteiger partial charge in [-0.15, -0.1) is 0 Å². The van der Waals surface area contributed by atoms with Crippen molar-refractivity contribution in [3.63, 3.8) is 0 Å². The minimum atomic E-state index is 0.383. The SMILES string of the molecule is CC(C)c1nc(-c2ccc(Br)cc2)[nH]c1CN. The van der Waals surface area contributed by atoms with Crippen LogP contribution in [-0.2, 0) is 6.54 Å². The standard InChI is InChI=1S/C13H16BrN3/c1-8(2)12-11(7-15)16-13(17-12)9-3-5-10(14)6-4-9/h3-6,8H,7,15H2,1-2H3,(H,16,17). The Morgan fingerprint density at radius 3 is 2.41 bits per heavy atom. The topological polar surface area (TPSA) is 54.7 Å². The highest BCUT2D eigenvalue weighted by atomic mass is 79.9. The Morgan fingerprint density at radius 2 is 1.94 bits per heavy atom. The fourth-order valence-electron chi connectivity index (χ4n) is 1.80. The molecule has 1 aromatic heterocycles. The van der Waals surface area contributed by atoms with E-state index in [0.29, 0.717) is 12.5 Å². The fraction of sp³-hybridized carbons (Fsp3) is 0.308. The molecular weight excluding hydrogens is 278 g/mol. The molecule has 0 amide bonds. The minimum Gasteiger partial charge on any atom is -0.341 e. The van der Waals surface area contributed by atoms with Gasteiger partial charge in [0.15, 0.2) is 0 Å². The van der Waals surface area contributed by atoms with Crippen molar-refractivity contribution in [2.75, 3.05) is 0 Å². The van der Waals surface area contributed by atoms with Crippen LogP contribution in [0.3, 0.4) is 0 Å². The van der Waals surface area contributed by atoms with Crippen molar-refractivity contribution in [3.8, 4) is 11.4 Å². The molecule has 0 bridgehead atoms. The zero-order valence-electron chi connectivity index (χ0n) is 10.00. The summed E-state index contributed by atoms with van der Waals surface area (Å²) in [7, 11) is 0. The van der Waals surface area contributed by atoms with Gasteiger partial charge in [0.2, 0.25) is 0 Å². The van der Waals surface area contributed by atoms with Crippen LogP contribution < -0.4 is 5.73 Å². The summed E-state index contributed by atoms with van der Waals surface area (Å²) in [5.74, 6) is 1.27. The van der Waals surface area contributed by atoms with Gasteiger partial charge in [-0.05, 0) is 18.1 Å². The molecule has 3 N–H and O–H groups in total. The molecule has 3 nitrogen and oxygen atoms in total. The number of H-pyrrole nitrogens is 1. The highest BCUT2D eigenvalue weighted by molar-refractivity contribution is 9.10. The molecule has 0 spiro atoms. The summed E-state index contributed by atoms with van der Waals surface area (Å²) in [5, 5.41) is 0. The first-order valence-electron chi connectivity index (χ1n) is 5.66. The summed E-state index contributed by atoms with van der Waals surface area (Å²) in [6.45, 7) is 4.75. The molecule has 2 rings (SSSR count). The second-order valence-corrected chi connectivity index (χ2v) is 5.23. The molecule has 0 radical (unpaired) electrons. The van der Waals surface area contributed by atoms with E-state index < -0.39 is 0 Å². The third-order valence-corrected chi connectivity index (χ3v) is 3.21. The van der Waals surface area contributed by atoms with Gasteiger partial charge in [0.05, 0.1) is 11.4 Å². The van der Waals surface area contributed by atoms with E-state index in [1.807, 2.05) is 24.3 Å². The number of halogens is 1. The molecule has 1 heterocycles. The Kier molecular flexibility index (Phi) is 3.64. The molecule has 0 fully saturated rings. The first kappa shape index (κ1) is 12.3. The molecule has 0 unspecified atom stereocenters. The summed E-state index contributed by atoms with van der Waals surface area (Å²) in [5.41, 5.74) is 8.89. The van der Waals surface area contributed by atoms with Crippen molar-refractivity contribution in [2.45, 2.75) is 26.3 Å². The van der Waals surface area contributed by atoms with E-state index in [9.17, 15) is 0 Å². The Morgan fingerprint density at radius 1 is 1.29 bits per heavy atom. The van der Waals surface area contributed by atoms with Crippen LogP contribution in [0.4, 0.5) is 0 Å². The largest absolute Gasteiger partial charge is 0.341 e. The number of hydrogen-bond acceptors (Lipinski definition) is 2. The lowest BCUT2D eigenvalue weighted by Gasteiger charge is -2.01. The summed E-state index contributed by atoms with van der Waals surface area (Å²) in [6, 6.07) is 8.09. The maximum atomic E-state index is 5.73. The van der Waals surface area contributed by atoms with Gasteiger partial charge in [0.1, 0.15) is 5.82 Å². The quantitative estimate of drug-likeness (QED) is 0.911. The van der Waals surface area contributed by atoms with Crippen LogP contribution in [0.1, 0.15) is 31.2 Å². The molecule has 17 heavy (non-hydrogen) atoms. The minimum absolute atomic E-state index is 0.383. The van der Waals surface area contributed by atoms with Gasteiger partial charge in [-0.3, -0.25) is 0 Å². The van der Waals surface area contributed by atoms with Crippen molar-refractivity contribution in [3.05, 3.63) is 40.1 Å². The molecule has 0 atom stereocenters. The van der Waals surface area contributed by atoms with Gasteiger partial charge in [-0.2, -0.15) is 0 Å². The van der Waals surface area contributed by atoms with Crippen LogP contribution in [-0.4, -0.2) is 9.97 Å². The monoisotopic (exact) mass is 293 g/mol. The van der Waals surface area contributed by atoms with E-state index in [1.54, 1.807) is 0 Å². The lowest BCUT2D eigenvalue weighted by Crippen LogP contribution is -2.02. The van der Waals surface area contributed by atoms with Crippen molar-refractivity contribution >= 4 is 15.9 Å². The number of nitrogens with two attached hydrogens (primary N) is 1. The normalized spacial score (nSPS) is 11.1. The highest BCUT2D eigenvalue weighted by Gasteiger charge is 2.13. The first-order valence-corrected chi connectivity index (χ1v) is 6.46. The van der Waals surface area contributed by atoms with Crippen LogP contribution in [0.15, 0.2) is 28.7 Å². The molecule has 90 valence electrons. The highest BCUT2D eigenvalue weighted by Crippen LogP contribution is 2.24. The maximum Gasteiger partial charge on any atom is 0.137 e. The Balaban J connectivity index is 2.42. The van der Waals surface area contributed by atoms with Gasteiger partial charge in [0, 0.05) is 16.6 Å². The van der Waals surface area contributed by atoms with Gasteiger partial charge in [-0.1, -0.05) is 41.9 Å². The number of aromatic amines is 1. The Hall–Kier alpha value is -1.13.